The standard InChI is InChI=1S/C10H17N3O/c1-2-13-7-9(5-11-13)6-12-4-3-10(14)8-12/h5,7,10,14H,2-4,6,8H2,1H3/t10-/m1/s1. The maximum absolute atomic E-state index is 9.37. The highest BCUT2D eigenvalue weighted by atomic mass is 16.3. The maximum Gasteiger partial charge on any atom is 0.0679 e. The molecule has 2 rings (SSSR count). The van der Waals surface area contributed by atoms with Crippen LogP contribution in [0, 0.1) is 0 Å². The number of hydrogen-bond acceptors (Lipinski definition) is 3. The minimum atomic E-state index is -0.128. The van der Waals surface area contributed by atoms with Crippen molar-refractivity contribution >= 4 is 0 Å². The summed E-state index contributed by atoms with van der Waals surface area (Å²) < 4.78 is 1.93. The summed E-state index contributed by atoms with van der Waals surface area (Å²) in [5.74, 6) is 0. The van der Waals surface area contributed by atoms with E-state index >= 15 is 0 Å². The molecular weight excluding hydrogens is 178 g/mol. The molecule has 0 saturated carbocycles. The summed E-state index contributed by atoms with van der Waals surface area (Å²) in [5, 5.41) is 13.6. The average Bonchev–Trinajstić information content (AvgIpc) is 2.76. The number of nitrogens with zero attached hydrogens (tertiary/aromatic N) is 3. The van der Waals surface area contributed by atoms with Crippen molar-refractivity contribution in [2.75, 3.05) is 13.1 Å². The molecule has 0 aliphatic carbocycles. The van der Waals surface area contributed by atoms with Crippen LogP contribution in [0.4, 0.5) is 0 Å². The minimum Gasteiger partial charge on any atom is -0.392 e. The summed E-state index contributed by atoms with van der Waals surface area (Å²) in [6.07, 6.45) is 4.76. The monoisotopic (exact) mass is 195 g/mol. The summed E-state index contributed by atoms with van der Waals surface area (Å²) in [5.41, 5.74) is 1.24. The highest BCUT2D eigenvalue weighted by Gasteiger charge is 2.20. The van der Waals surface area contributed by atoms with E-state index in [1.807, 2.05) is 10.9 Å². The van der Waals surface area contributed by atoms with Crippen molar-refractivity contribution in [3.05, 3.63) is 18.0 Å². The lowest BCUT2D eigenvalue weighted by molar-refractivity contribution is 0.175. The van der Waals surface area contributed by atoms with Crippen LogP contribution in [-0.4, -0.2) is 39.0 Å². The maximum atomic E-state index is 9.37. The molecule has 1 aromatic rings. The smallest absolute Gasteiger partial charge is 0.0679 e. The average molecular weight is 195 g/mol. The van der Waals surface area contributed by atoms with Crippen LogP contribution in [0.2, 0.25) is 0 Å². The molecule has 1 aliphatic heterocycles. The zero-order valence-electron chi connectivity index (χ0n) is 8.56. The number of rotatable bonds is 3. The summed E-state index contributed by atoms with van der Waals surface area (Å²) in [6.45, 7) is 5.71. The van der Waals surface area contributed by atoms with Crippen LogP contribution in [0.3, 0.4) is 0 Å². The van der Waals surface area contributed by atoms with Crippen molar-refractivity contribution in [2.45, 2.75) is 32.5 Å². The van der Waals surface area contributed by atoms with Gasteiger partial charge in [0.1, 0.15) is 0 Å². The van der Waals surface area contributed by atoms with Crippen LogP contribution in [-0.2, 0) is 13.1 Å². The van der Waals surface area contributed by atoms with Crippen molar-refractivity contribution in [3.8, 4) is 0 Å². The molecule has 0 spiro atoms. The number of likely N-dealkylation sites (tertiary alicyclic amines) is 1. The van der Waals surface area contributed by atoms with Crippen LogP contribution in [0.1, 0.15) is 18.9 Å². The molecule has 2 heterocycles. The predicted octanol–water partition coefficient (Wildman–Crippen LogP) is 0.470. The van der Waals surface area contributed by atoms with E-state index in [4.69, 9.17) is 0 Å². The third-order valence-corrected chi connectivity index (χ3v) is 2.66. The molecule has 4 heteroatoms. The lowest BCUT2D eigenvalue weighted by Gasteiger charge is -2.12. The molecule has 1 saturated heterocycles. The van der Waals surface area contributed by atoms with Gasteiger partial charge in [-0.25, -0.2) is 0 Å². The fraction of sp³-hybridized carbons (Fsp3) is 0.700. The molecule has 1 N–H and O–H groups in total. The van der Waals surface area contributed by atoms with Gasteiger partial charge in [0.2, 0.25) is 0 Å². The van der Waals surface area contributed by atoms with E-state index in [1.54, 1.807) is 0 Å². The Kier molecular flexibility index (Phi) is 2.84. The van der Waals surface area contributed by atoms with Crippen molar-refractivity contribution in [2.24, 2.45) is 0 Å². The summed E-state index contributed by atoms with van der Waals surface area (Å²) in [7, 11) is 0. The van der Waals surface area contributed by atoms with E-state index in [9.17, 15) is 5.11 Å². The van der Waals surface area contributed by atoms with Crippen LogP contribution in [0.5, 0.6) is 0 Å². The van der Waals surface area contributed by atoms with E-state index in [0.29, 0.717) is 0 Å². The van der Waals surface area contributed by atoms with Crippen molar-refractivity contribution in [3.63, 3.8) is 0 Å². The molecule has 0 radical (unpaired) electrons. The molecule has 0 bridgehead atoms. The fourth-order valence-corrected chi connectivity index (χ4v) is 1.88. The molecule has 14 heavy (non-hydrogen) atoms. The van der Waals surface area contributed by atoms with Gasteiger partial charge in [0.25, 0.3) is 0 Å². The molecule has 0 aromatic carbocycles. The zero-order valence-corrected chi connectivity index (χ0v) is 8.56. The first-order valence-electron chi connectivity index (χ1n) is 5.19. The largest absolute Gasteiger partial charge is 0.392 e. The lowest BCUT2D eigenvalue weighted by atomic mass is 10.3. The second kappa shape index (κ2) is 4.11. The molecule has 4 nitrogen and oxygen atoms in total. The van der Waals surface area contributed by atoms with Gasteiger partial charge in [0.05, 0.1) is 12.3 Å². The summed E-state index contributed by atoms with van der Waals surface area (Å²) in [4.78, 5) is 2.27. The minimum absolute atomic E-state index is 0.128. The highest BCUT2D eigenvalue weighted by molar-refractivity contribution is 5.04. The Morgan fingerprint density at radius 2 is 2.50 bits per heavy atom. The molecule has 1 aliphatic rings. The Morgan fingerprint density at radius 1 is 1.64 bits per heavy atom. The lowest BCUT2D eigenvalue weighted by Crippen LogP contribution is -2.21. The third kappa shape index (κ3) is 2.13. The quantitative estimate of drug-likeness (QED) is 0.762. The van der Waals surface area contributed by atoms with E-state index in [1.165, 1.54) is 5.56 Å². The van der Waals surface area contributed by atoms with E-state index in [0.717, 1.165) is 32.6 Å². The number of β-amino-alcohol motifs (C(OH)–C–C–N with tert-alkyl or cyclic N) is 1. The number of aromatic nitrogens is 2. The number of aliphatic hydroxyl groups excluding tert-OH is 1. The van der Waals surface area contributed by atoms with Crippen LogP contribution in [0.15, 0.2) is 12.4 Å². The van der Waals surface area contributed by atoms with E-state index < -0.39 is 0 Å². The van der Waals surface area contributed by atoms with Crippen LogP contribution < -0.4 is 0 Å². The number of aliphatic hydroxyl groups is 1. The van der Waals surface area contributed by atoms with Gasteiger partial charge in [-0.3, -0.25) is 9.58 Å². The number of aryl methyl sites for hydroxylation is 1. The van der Waals surface area contributed by atoms with Gasteiger partial charge in [-0.05, 0) is 13.3 Å². The SMILES string of the molecule is CCn1cc(CN2CC[C@@H](O)C2)cn1. The van der Waals surface area contributed by atoms with Crippen LogP contribution >= 0.6 is 0 Å². The first-order chi connectivity index (χ1) is 6.78. The highest BCUT2D eigenvalue weighted by Crippen LogP contribution is 2.12. The Hall–Kier alpha value is -0.870. The van der Waals surface area contributed by atoms with E-state index in [-0.39, 0.29) is 6.10 Å². The Labute approximate surface area is 84.1 Å². The topological polar surface area (TPSA) is 41.3 Å². The first-order valence-corrected chi connectivity index (χ1v) is 5.19. The van der Waals surface area contributed by atoms with Crippen molar-refractivity contribution in [1.82, 2.24) is 14.7 Å². The van der Waals surface area contributed by atoms with Gasteiger partial charge in [-0.2, -0.15) is 5.10 Å². The fourth-order valence-electron chi connectivity index (χ4n) is 1.88. The van der Waals surface area contributed by atoms with Gasteiger partial charge in [-0.1, -0.05) is 0 Å². The normalized spacial score (nSPS) is 23.1. The molecular formula is C10H17N3O. The Morgan fingerprint density at radius 3 is 3.07 bits per heavy atom. The summed E-state index contributed by atoms with van der Waals surface area (Å²) in [6, 6.07) is 0. The van der Waals surface area contributed by atoms with Crippen LogP contribution in [0.25, 0.3) is 0 Å². The summed E-state index contributed by atoms with van der Waals surface area (Å²) >= 11 is 0. The van der Waals surface area contributed by atoms with Gasteiger partial charge >= 0.3 is 0 Å². The second-order valence-electron chi connectivity index (χ2n) is 3.88. The Bertz CT molecular complexity index is 297. The van der Waals surface area contributed by atoms with Gasteiger partial charge in [0.15, 0.2) is 0 Å². The van der Waals surface area contributed by atoms with Gasteiger partial charge in [-0.15, -0.1) is 0 Å². The zero-order chi connectivity index (χ0) is 9.97. The second-order valence-corrected chi connectivity index (χ2v) is 3.88. The first kappa shape index (κ1) is 9.68. The molecule has 0 unspecified atom stereocenters. The van der Waals surface area contributed by atoms with Gasteiger partial charge < -0.3 is 5.11 Å². The molecule has 1 atom stereocenters. The molecule has 0 amide bonds. The predicted molar refractivity (Wildman–Crippen MR) is 53.8 cm³/mol. The molecule has 1 fully saturated rings. The third-order valence-electron chi connectivity index (χ3n) is 2.66. The van der Waals surface area contributed by atoms with Crippen molar-refractivity contribution < 1.29 is 5.11 Å². The number of hydrogen-bond donors (Lipinski definition) is 1. The Balaban J connectivity index is 1.90. The molecule has 1 aromatic heterocycles. The van der Waals surface area contributed by atoms with Crippen molar-refractivity contribution in [1.29, 1.82) is 0 Å². The van der Waals surface area contributed by atoms with E-state index in [2.05, 4.69) is 23.1 Å². The van der Waals surface area contributed by atoms with Gasteiger partial charge in [0, 0.05) is 37.9 Å². The molecule has 78 valence electrons.